The van der Waals surface area contributed by atoms with Gasteiger partial charge in [0.2, 0.25) is 11.8 Å². The lowest BCUT2D eigenvalue weighted by Crippen LogP contribution is -2.42. The Labute approximate surface area is 154 Å². The van der Waals surface area contributed by atoms with Crippen molar-refractivity contribution < 1.29 is 9.59 Å². The lowest BCUT2D eigenvalue weighted by Gasteiger charge is -2.20. The van der Waals surface area contributed by atoms with Gasteiger partial charge in [0, 0.05) is 16.8 Å². The number of carbonyl (C=O) groups is 2. The van der Waals surface area contributed by atoms with Crippen LogP contribution in [-0.4, -0.2) is 30.9 Å². The molecule has 6 heteroatoms. The molecule has 1 aliphatic carbocycles. The van der Waals surface area contributed by atoms with E-state index in [1.807, 2.05) is 6.92 Å². The minimum absolute atomic E-state index is 0.0445. The fraction of sp³-hybridized carbons (Fsp3) is 0.579. The van der Waals surface area contributed by atoms with Gasteiger partial charge < -0.3 is 16.0 Å². The largest absolute Gasteiger partial charge is 0.346 e. The molecule has 1 aromatic rings. The van der Waals surface area contributed by atoms with Crippen molar-refractivity contribution in [3.8, 4) is 0 Å². The molecule has 5 nitrogen and oxygen atoms in total. The Morgan fingerprint density at radius 3 is 2.44 bits per heavy atom. The van der Waals surface area contributed by atoms with Crippen molar-refractivity contribution in [2.45, 2.75) is 57.9 Å². The molecular formula is C19H28ClN3O2. The van der Waals surface area contributed by atoms with Crippen LogP contribution in [-0.2, 0) is 9.59 Å². The van der Waals surface area contributed by atoms with E-state index in [2.05, 4.69) is 16.0 Å². The number of amides is 2. The van der Waals surface area contributed by atoms with Crippen LogP contribution in [0.2, 0.25) is 5.02 Å². The topological polar surface area (TPSA) is 70.2 Å². The fourth-order valence-corrected chi connectivity index (χ4v) is 3.25. The molecule has 2 rings (SSSR count). The maximum atomic E-state index is 12.0. The van der Waals surface area contributed by atoms with Gasteiger partial charge in [-0.3, -0.25) is 9.59 Å². The molecule has 0 atom stereocenters. The van der Waals surface area contributed by atoms with Gasteiger partial charge in [-0.25, -0.2) is 0 Å². The maximum Gasteiger partial charge on any atom is 0.243 e. The summed E-state index contributed by atoms with van der Waals surface area (Å²) in [6, 6.07) is 5.75. The number of hydrogen-bond donors (Lipinski definition) is 3. The third-order valence-corrected chi connectivity index (χ3v) is 5.05. The summed E-state index contributed by atoms with van der Waals surface area (Å²) in [4.78, 5) is 23.9. The fourth-order valence-electron chi connectivity index (χ4n) is 3.08. The minimum atomic E-state index is -0.260. The summed E-state index contributed by atoms with van der Waals surface area (Å²) in [6.07, 6.45) is 8.60. The Balaban J connectivity index is 1.68. The van der Waals surface area contributed by atoms with E-state index < -0.39 is 0 Å². The Hall–Kier alpha value is -1.59. The minimum Gasteiger partial charge on any atom is -0.346 e. The van der Waals surface area contributed by atoms with Crippen molar-refractivity contribution in [1.29, 1.82) is 0 Å². The third-order valence-electron chi connectivity index (χ3n) is 4.64. The summed E-state index contributed by atoms with van der Waals surface area (Å²) in [6.45, 7) is 2.06. The van der Waals surface area contributed by atoms with Gasteiger partial charge in [0.1, 0.15) is 0 Å². The zero-order chi connectivity index (χ0) is 18.1. The number of benzene rings is 1. The average molecular weight is 366 g/mol. The molecule has 1 saturated carbocycles. The first-order chi connectivity index (χ1) is 12.1. The van der Waals surface area contributed by atoms with Crippen LogP contribution in [0.3, 0.4) is 0 Å². The highest BCUT2D eigenvalue weighted by Crippen LogP contribution is 2.22. The van der Waals surface area contributed by atoms with Crippen LogP contribution in [0.1, 0.15) is 50.5 Å². The SMILES string of the molecule is Cc1c(Cl)cccc1NC(=O)CNC(=O)CNC1CCCCCCC1. The van der Waals surface area contributed by atoms with Crippen molar-refractivity contribution in [3.63, 3.8) is 0 Å². The third kappa shape index (κ3) is 7.04. The van der Waals surface area contributed by atoms with Gasteiger partial charge in [0.15, 0.2) is 0 Å². The monoisotopic (exact) mass is 365 g/mol. The second-order valence-corrected chi connectivity index (χ2v) is 7.07. The highest BCUT2D eigenvalue weighted by Gasteiger charge is 2.13. The number of hydrogen-bond acceptors (Lipinski definition) is 3. The molecule has 0 radical (unpaired) electrons. The van der Waals surface area contributed by atoms with Gasteiger partial charge in [-0.05, 0) is 37.5 Å². The Bertz CT molecular complexity index is 584. The molecule has 0 bridgehead atoms. The second kappa shape index (κ2) is 10.4. The van der Waals surface area contributed by atoms with Gasteiger partial charge >= 0.3 is 0 Å². The molecule has 1 fully saturated rings. The zero-order valence-electron chi connectivity index (χ0n) is 14.9. The molecule has 0 heterocycles. The standard InChI is InChI=1S/C19H28ClN3O2/c1-14-16(20)10-7-11-17(14)23-19(25)13-22-18(24)12-21-15-8-5-3-2-4-6-9-15/h7,10-11,15,21H,2-6,8-9,12-13H2,1H3,(H,22,24)(H,23,25). The van der Waals surface area contributed by atoms with E-state index in [-0.39, 0.29) is 24.9 Å². The molecule has 0 unspecified atom stereocenters. The van der Waals surface area contributed by atoms with Crippen LogP contribution in [0.25, 0.3) is 0 Å². The van der Waals surface area contributed by atoms with E-state index in [1.165, 1.54) is 32.1 Å². The predicted molar refractivity (Wildman–Crippen MR) is 102 cm³/mol. The Morgan fingerprint density at radius 2 is 1.72 bits per heavy atom. The number of anilines is 1. The molecule has 0 aromatic heterocycles. The highest BCUT2D eigenvalue weighted by atomic mass is 35.5. The van der Waals surface area contributed by atoms with E-state index in [9.17, 15) is 9.59 Å². The zero-order valence-corrected chi connectivity index (χ0v) is 15.6. The quantitative estimate of drug-likeness (QED) is 0.723. The summed E-state index contributed by atoms with van der Waals surface area (Å²) in [7, 11) is 0. The van der Waals surface area contributed by atoms with Crippen LogP contribution in [0.15, 0.2) is 18.2 Å². The molecule has 0 aliphatic heterocycles. The summed E-state index contributed by atoms with van der Waals surface area (Å²) >= 11 is 6.03. The smallest absolute Gasteiger partial charge is 0.243 e. The first kappa shape index (κ1) is 19.7. The summed E-state index contributed by atoms with van der Waals surface area (Å²) < 4.78 is 0. The lowest BCUT2D eigenvalue weighted by molar-refractivity contribution is -0.123. The number of halogens is 1. The summed E-state index contributed by atoms with van der Waals surface area (Å²) in [5.41, 5.74) is 1.48. The van der Waals surface area contributed by atoms with Crippen molar-refractivity contribution in [1.82, 2.24) is 10.6 Å². The molecule has 1 aromatic carbocycles. The first-order valence-corrected chi connectivity index (χ1v) is 9.49. The van der Waals surface area contributed by atoms with Gasteiger partial charge in [-0.1, -0.05) is 49.8 Å². The molecule has 0 spiro atoms. The number of nitrogens with one attached hydrogen (secondary N) is 3. The van der Waals surface area contributed by atoms with Gasteiger partial charge in [0.05, 0.1) is 13.1 Å². The van der Waals surface area contributed by atoms with Gasteiger partial charge in [-0.15, -0.1) is 0 Å². The van der Waals surface area contributed by atoms with E-state index in [0.29, 0.717) is 16.8 Å². The predicted octanol–water partition coefficient (Wildman–Crippen LogP) is 3.41. The molecule has 138 valence electrons. The normalized spacial score (nSPS) is 15.9. The molecular weight excluding hydrogens is 338 g/mol. The maximum absolute atomic E-state index is 12.0. The van der Waals surface area contributed by atoms with Crippen molar-refractivity contribution >= 4 is 29.1 Å². The van der Waals surface area contributed by atoms with Crippen LogP contribution < -0.4 is 16.0 Å². The van der Waals surface area contributed by atoms with Crippen LogP contribution in [0, 0.1) is 6.92 Å². The Kier molecular flexibility index (Phi) is 8.22. The van der Waals surface area contributed by atoms with Crippen LogP contribution in [0.4, 0.5) is 5.69 Å². The highest BCUT2D eigenvalue weighted by molar-refractivity contribution is 6.31. The summed E-state index contributed by atoms with van der Waals surface area (Å²) in [5.74, 6) is -0.412. The first-order valence-electron chi connectivity index (χ1n) is 9.11. The van der Waals surface area contributed by atoms with E-state index in [0.717, 1.165) is 18.4 Å². The van der Waals surface area contributed by atoms with Crippen LogP contribution >= 0.6 is 11.6 Å². The molecule has 0 saturated heterocycles. The van der Waals surface area contributed by atoms with E-state index in [4.69, 9.17) is 11.6 Å². The number of carbonyl (C=O) groups excluding carboxylic acids is 2. The second-order valence-electron chi connectivity index (χ2n) is 6.66. The van der Waals surface area contributed by atoms with Crippen LogP contribution in [0.5, 0.6) is 0 Å². The van der Waals surface area contributed by atoms with Crippen molar-refractivity contribution in [2.75, 3.05) is 18.4 Å². The van der Waals surface area contributed by atoms with E-state index in [1.54, 1.807) is 18.2 Å². The molecule has 25 heavy (non-hydrogen) atoms. The number of rotatable bonds is 6. The van der Waals surface area contributed by atoms with Crippen molar-refractivity contribution in [2.24, 2.45) is 0 Å². The van der Waals surface area contributed by atoms with Gasteiger partial charge in [0.25, 0.3) is 0 Å². The molecule has 3 N–H and O–H groups in total. The molecule has 2 amide bonds. The lowest BCUT2D eigenvalue weighted by atomic mass is 9.97. The van der Waals surface area contributed by atoms with E-state index >= 15 is 0 Å². The molecule has 1 aliphatic rings. The van der Waals surface area contributed by atoms with Crippen molar-refractivity contribution in [3.05, 3.63) is 28.8 Å². The average Bonchev–Trinajstić information content (AvgIpc) is 2.56. The summed E-state index contributed by atoms with van der Waals surface area (Å²) in [5, 5.41) is 9.35. The Morgan fingerprint density at radius 1 is 1.04 bits per heavy atom. The van der Waals surface area contributed by atoms with Gasteiger partial charge in [-0.2, -0.15) is 0 Å².